The van der Waals surface area contributed by atoms with E-state index in [1.54, 1.807) is 6.26 Å². The van der Waals surface area contributed by atoms with Crippen molar-refractivity contribution in [3.63, 3.8) is 0 Å². The van der Waals surface area contributed by atoms with Crippen molar-refractivity contribution in [1.29, 1.82) is 0 Å². The summed E-state index contributed by atoms with van der Waals surface area (Å²) in [5.41, 5.74) is 2.11. The van der Waals surface area contributed by atoms with E-state index < -0.39 is 0 Å². The van der Waals surface area contributed by atoms with Crippen LogP contribution in [0.1, 0.15) is 37.1 Å². The summed E-state index contributed by atoms with van der Waals surface area (Å²) < 4.78 is 7.60. The van der Waals surface area contributed by atoms with Gasteiger partial charge >= 0.3 is 0 Å². The molecule has 0 spiro atoms. The normalized spacial score (nSPS) is 15.5. The van der Waals surface area contributed by atoms with Crippen molar-refractivity contribution >= 4 is 29.9 Å². The van der Waals surface area contributed by atoms with Crippen LogP contribution in [0.4, 0.5) is 0 Å². The van der Waals surface area contributed by atoms with Gasteiger partial charge in [0.2, 0.25) is 0 Å². The second kappa shape index (κ2) is 11.9. The second-order valence-corrected chi connectivity index (χ2v) is 7.48. The molecule has 1 unspecified atom stereocenters. The monoisotopic (exact) mass is 534 g/mol. The molecular formula is C23H31IN6O. The third-order valence-corrected chi connectivity index (χ3v) is 5.34. The molecule has 2 N–H and O–H groups in total. The predicted molar refractivity (Wildman–Crippen MR) is 134 cm³/mol. The fraction of sp³-hybridized carbons (Fsp3) is 0.391. The molecule has 31 heavy (non-hydrogen) atoms. The summed E-state index contributed by atoms with van der Waals surface area (Å²) in [6, 6.07) is 14.3. The molecule has 1 saturated heterocycles. The Labute approximate surface area is 200 Å². The first-order valence-corrected chi connectivity index (χ1v) is 10.7. The number of aromatic nitrogens is 2. The van der Waals surface area contributed by atoms with Crippen molar-refractivity contribution < 1.29 is 4.42 Å². The van der Waals surface area contributed by atoms with E-state index in [-0.39, 0.29) is 30.0 Å². The summed E-state index contributed by atoms with van der Waals surface area (Å²) in [6.45, 7) is 6.43. The Bertz CT molecular complexity index is 919. The SMILES string of the molecule is CCNC(=NCc1cnn(-c2ccccc2)c1)NCC(c1ccco1)N1CCCC1.I. The molecule has 1 aliphatic rings. The lowest BCUT2D eigenvalue weighted by atomic mass is 10.2. The van der Waals surface area contributed by atoms with Gasteiger partial charge in [0.15, 0.2) is 5.96 Å². The van der Waals surface area contributed by atoms with Gasteiger partial charge in [-0.2, -0.15) is 5.10 Å². The zero-order chi connectivity index (χ0) is 20.6. The summed E-state index contributed by atoms with van der Waals surface area (Å²) in [5, 5.41) is 11.3. The summed E-state index contributed by atoms with van der Waals surface area (Å²) in [7, 11) is 0. The smallest absolute Gasteiger partial charge is 0.191 e. The number of furan rings is 1. The molecular weight excluding hydrogens is 503 g/mol. The Balaban J connectivity index is 0.00000272. The first-order chi connectivity index (χ1) is 14.8. The zero-order valence-corrected chi connectivity index (χ0v) is 20.2. The molecule has 7 nitrogen and oxygen atoms in total. The average Bonchev–Trinajstić information content (AvgIpc) is 3.56. The molecule has 1 atom stereocenters. The molecule has 0 aliphatic carbocycles. The molecule has 3 heterocycles. The topological polar surface area (TPSA) is 70.6 Å². The number of para-hydroxylation sites is 1. The highest BCUT2D eigenvalue weighted by Crippen LogP contribution is 2.24. The van der Waals surface area contributed by atoms with Gasteiger partial charge in [0.05, 0.1) is 30.7 Å². The maximum atomic E-state index is 5.72. The van der Waals surface area contributed by atoms with Crippen LogP contribution >= 0.6 is 24.0 Å². The fourth-order valence-corrected chi connectivity index (χ4v) is 3.81. The molecule has 166 valence electrons. The average molecular weight is 534 g/mol. The van der Waals surface area contributed by atoms with Crippen LogP contribution in [0.25, 0.3) is 5.69 Å². The molecule has 1 aliphatic heterocycles. The van der Waals surface area contributed by atoms with Crippen LogP contribution in [0.15, 0.2) is 70.5 Å². The van der Waals surface area contributed by atoms with E-state index in [9.17, 15) is 0 Å². The van der Waals surface area contributed by atoms with Crippen molar-refractivity contribution in [2.24, 2.45) is 4.99 Å². The number of likely N-dealkylation sites (tertiary alicyclic amines) is 1. The zero-order valence-electron chi connectivity index (χ0n) is 17.9. The number of hydrogen-bond donors (Lipinski definition) is 2. The minimum atomic E-state index is 0. The molecule has 3 aromatic rings. The quantitative estimate of drug-likeness (QED) is 0.260. The lowest BCUT2D eigenvalue weighted by Gasteiger charge is -2.26. The third-order valence-electron chi connectivity index (χ3n) is 5.34. The van der Waals surface area contributed by atoms with Crippen LogP contribution in [0.5, 0.6) is 0 Å². The maximum absolute atomic E-state index is 5.72. The number of nitrogens with one attached hydrogen (secondary N) is 2. The number of guanidine groups is 1. The molecule has 0 saturated carbocycles. The molecule has 1 fully saturated rings. The highest BCUT2D eigenvalue weighted by atomic mass is 127. The Hall–Kier alpha value is -2.33. The van der Waals surface area contributed by atoms with Gasteiger partial charge in [0, 0.05) is 24.8 Å². The van der Waals surface area contributed by atoms with Gasteiger partial charge in [-0.3, -0.25) is 4.90 Å². The van der Waals surface area contributed by atoms with Crippen molar-refractivity contribution in [2.45, 2.75) is 32.4 Å². The fourth-order valence-electron chi connectivity index (χ4n) is 3.81. The van der Waals surface area contributed by atoms with Crippen LogP contribution in [-0.4, -0.2) is 46.8 Å². The molecule has 4 rings (SSSR count). The van der Waals surface area contributed by atoms with Crippen LogP contribution < -0.4 is 10.6 Å². The third kappa shape index (κ3) is 6.33. The van der Waals surface area contributed by atoms with E-state index in [0.29, 0.717) is 6.54 Å². The number of halogens is 1. The Morgan fingerprint density at radius 1 is 1.13 bits per heavy atom. The van der Waals surface area contributed by atoms with Gasteiger partial charge in [-0.25, -0.2) is 9.67 Å². The van der Waals surface area contributed by atoms with Crippen molar-refractivity contribution in [3.8, 4) is 5.69 Å². The van der Waals surface area contributed by atoms with Crippen molar-refractivity contribution in [1.82, 2.24) is 25.3 Å². The van der Waals surface area contributed by atoms with E-state index >= 15 is 0 Å². The van der Waals surface area contributed by atoms with E-state index in [0.717, 1.165) is 49.1 Å². The highest BCUT2D eigenvalue weighted by Gasteiger charge is 2.25. The molecule has 0 radical (unpaired) electrons. The number of benzene rings is 1. The summed E-state index contributed by atoms with van der Waals surface area (Å²) in [4.78, 5) is 7.25. The first kappa shape index (κ1) is 23.3. The van der Waals surface area contributed by atoms with Gasteiger partial charge in [0.1, 0.15) is 5.76 Å². The van der Waals surface area contributed by atoms with E-state index in [1.165, 1.54) is 12.8 Å². The lowest BCUT2D eigenvalue weighted by molar-refractivity contribution is 0.215. The standard InChI is InChI=1S/C23H30N6O.HI/c1-2-24-23(25-15-19-16-27-29(18-19)20-9-4-3-5-10-20)26-17-21(22-11-8-14-30-22)28-12-6-7-13-28;/h3-5,8-11,14,16,18,21H,2,6-7,12-13,15,17H2,1H3,(H2,24,25,26);1H. The molecule has 2 aromatic heterocycles. The maximum Gasteiger partial charge on any atom is 0.191 e. The summed E-state index contributed by atoms with van der Waals surface area (Å²) in [5.74, 6) is 1.81. The van der Waals surface area contributed by atoms with Crippen LogP contribution in [0, 0.1) is 0 Å². The van der Waals surface area contributed by atoms with E-state index in [4.69, 9.17) is 9.41 Å². The number of rotatable bonds is 8. The minimum absolute atomic E-state index is 0. The van der Waals surface area contributed by atoms with Crippen molar-refractivity contribution in [2.75, 3.05) is 26.2 Å². The van der Waals surface area contributed by atoms with Gasteiger partial charge < -0.3 is 15.1 Å². The first-order valence-electron chi connectivity index (χ1n) is 10.7. The Morgan fingerprint density at radius 3 is 2.65 bits per heavy atom. The largest absolute Gasteiger partial charge is 0.468 e. The van der Waals surface area contributed by atoms with Gasteiger partial charge in [0.25, 0.3) is 0 Å². The van der Waals surface area contributed by atoms with Gasteiger partial charge in [-0.15, -0.1) is 24.0 Å². The van der Waals surface area contributed by atoms with Crippen LogP contribution in [0.3, 0.4) is 0 Å². The highest BCUT2D eigenvalue weighted by molar-refractivity contribution is 14.0. The summed E-state index contributed by atoms with van der Waals surface area (Å²) in [6.07, 6.45) is 8.14. The van der Waals surface area contributed by atoms with E-state index in [2.05, 4.69) is 33.6 Å². The van der Waals surface area contributed by atoms with Gasteiger partial charge in [-0.05, 0) is 57.1 Å². The van der Waals surface area contributed by atoms with Crippen LogP contribution in [0.2, 0.25) is 0 Å². The molecule has 1 aromatic carbocycles. The molecule has 0 amide bonds. The number of hydrogen-bond acceptors (Lipinski definition) is 4. The lowest BCUT2D eigenvalue weighted by Crippen LogP contribution is -2.42. The van der Waals surface area contributed by atoms with Gasteiger partial charge in [-0.1, -0.05) is 18.2 Å². The predicted octanol–water partition coefficient (Wildman–Crippen LogP) is 3.98. The second-order valence-electron chi connectivity index (χ2n) is 7.48. The Morgan fingerprint density at radius 2 is 1.94 bits per heavy atom. The van der Waals surface area contributed by atoms with Crippen molar-refractivity contribution in [3.05, 3.63) is 72.4 Å². The summed E-state index contributed by atoms with van der Waals surface area (Å²) >= 11 is 0. The Kier molecular flexibility index (Phi) is 8.96. The number of nitrogens with zero attached hydrogens (tertiary/aromatic N) is 4. The minimum Gasteiger partial charge on any atom is -0.468 e. The van der Waals surface area contributed by atoms with Crippen LogP contribution in [-0.2, 0) is 6.54 Å². The molecule has 0 bridgehead atoms. The molecule has 8 heteroatoms. The van der Waals surface area contributed by atoms with E-state index in [1.807, 2.05) is 53.5 Å². The number of aliphatic imine (C=N–C) groups is 1.